The third-order valence-corrected chi connectivity index (χ3v) is 4.05. The summed E-state index contributed by atoms with van der Waals surface area (Å²) in [7, 11) is 2.12. The maximum atomic E-state index is 12.6. The van der Waals surface area contributed by atoms with Crippen molar-refractivity contribution in [1.82, 2.24) is 9.80 Å². The quantitative estimate of drug-likeness (QED) is 0.903. The molecule has 1 amide bonds. The van der Waals surface area contributed by atoms with Gasteiger partial charge in [0.25, 0.3) is 0 Å². The summed E-state index contributed by atoms with van der Waals surface area (Å²) >= 11 is 0. The number of benzene rings is 1. The zero-order valence-electron chi connectivity index (χ0n) is 12.5. The summed E-state index contributed by atoms with van der Waals surface area (Å²) in [5, 5.41) is 0. The number of nitrogens with zero attached hydrogens (tertiary/aromatic N) is 2. The van der Waals surface area contributed by atoms with Crippen molar-refractivity contribution in [3.05, 3.63) is 35.4 Å². The number of carbonyl (C=O) groups excluding carboxylic acids is 1. The number of hydrogen-bond donors (Lipinski definition) is 1. The van der Waals surface area contributed by atoms with Crippen molar-refractivity contribution in [3.63, 3.8) is 0 Å². The molecule has 20 heavy (non-hydrogen) atoms. The maximum absolute atomic E-state index is 12.6. The Morgan fingerprint density at radius 3 is 2.70 bits per heavy atom. The van der Waals surface area contributed by atoms with Gasteiger partial charge >= 0.3 is 0 Å². The van der Waals surface area contributed by atoms with Gasteiger partial charge in [0.2, 0.25) is 5.91 Å². The van der Waals surface area contributed by atoms with Gasteiger partial charge in [-0.25, -0.2) is 0 Å². The third kappa shape index (κ3) is 3.58. The third-order valence-electron chi connectivity index (χ3n) is 4.05. The van der Waals surface area contributed by atoms with Gasteiger partial charge in [-0.3, -0.25) is 4.79 Å². The average molecular weight is 275 g/mol. The van der Waals surface area contributed by atoms with Crippen molar-refractivity contribution in [3.8, 4) is 0 Å². The van der Waals surface area contributed by atoms with E-state index in [1.807, 2.05) is 29.2 Å². The van der Waals surface area contributed by atoms with Crippen LogP contribution in [0, 0.1) is 0 Å². The van der Waals surface area contributed by atoms with Crippen LogP contribution in [0.5, 0.6) is 0 Å². The molecule has 1 aliphatic rings. The molecule has 2 rings (SSSR count). The van der Waals surface area contributed by atoms with Crippen LogP contribution in [0.3, 0.4) is 0 Å². The van der Waals surface area contributed by atoms with Gasteiger partial charge in [0, 0.05) is 25.7 Å². The predicted octanol–water partition coefficient (Wildman–Crippen LogP) is 1.24. The summed E-state index contributed by atoms with van der Waals surface area (Å²) in [5.41, 5.74) is 7.87. The van der Waals surface area contributed by atoms with Crippen LogP contribution >= 0.6 is 0 Å². The number of hydrogen-bond acceptors (Lipinski definition) is 3. The van der Waals surface area contributed by atoms with E-state index in [-0.39, 0.29) is 11.9 Å². The van der Waals surface area contributed by atoms with Gasteiger partial charge in [-0.15, -0.1) is 0 Å². The molecule has 2 N–H and O–H groups in total. The number of carbonyl (C=O) groups is 1. The SMILES string of the molecule is CC1CN(C)CCCN1C(=O)Cc1ccccc1CN. The Morgan fingerprint density at radius 2 is 2.00 bits per heavy atom. The molecule has 0 bridgehead atoms. The Bertz CT molecular complexity index is 461. The number of rotatable bonds is 3. The van der Waals surface area contributed by atoms with E-state index in [2.05, 4.69) is 18.9 Å². The first-order chi connectivity index (χ1) is 9.61. The van der Waals surface area contributed by atoms with E-state index in [1.165, 1.54) is 0 Å². The van der Waals surface area contributed by atoms with Crippen LogP contribution in [-0.2, 0) is 17.8 Å². The number of likely N-dealkylation sites (N-methyl/N-ethyl adjacent to an activating group) is 1. The molecule has 1 heterocycles. The Hall–Kier alpha value is -1.39. The van der Waals surface area contributed by atoms with E-state index in [9.17, 15) is 4.79 Å². The molecule has 1 atom stereocenters. The Labute approximate surface area is 121 Å². The van der Waals surface area contributed by atoms with E-state index in [1.54, 1.807) is 0 Å². The van der Waals surface area contributed by atoms with Gasteiger partial charge in [-0.1, -0.05) is 24.3 Å². The lowest BCUT2D eigenvalue weighted by atomic mass is 10.0. The summed E-state index contributed by atoms with van der Waals surface area (Å²) < 4.78 is 0. The van der Waals surface area contributed by atoms with Gasteiger partial charge in [-0.2, -0.15) is 0 Å². The second kappa shape index (κ2) is 6.86. The van der Waals surface area contributed by atoms with Gasteiger partial charge in [0.15, 0.2) is 0 Å². The second-order valence-electron chi connectivity index (χ2n) is 5.70. The zero-order valence-corrected chi connectivity index (χ0v) is 12.5. The first-order valence-corrected chi connectivity index (χ1v) is 7.36. The molecular weight excluding hydrogens is 250 g/mol. The van der Waals surface area contributed by atoms with Crippen molar-refractivity contribution in [1.29, 1.82) is 0 Å². The summed E-state index contributed by atoms with van der Waals surface area (Å²) in [6, 6.07) is 8.23. The minimum absolute atomic E-state index is 0.216. The van der Waals surface area contributed by atoms with Crippen LogP contribution in [0.4, 0.5) is 0 Å². The fraction of sp³-hybridized carbons (Fsp3) is 0.562. The van der Waals surface area contributed by atoms with E-state index in [0.29, 0.717) is 13.0 Å². The van der Waals surface area contributed by atoms with Gasteiger partial charge in [0.1, 0.15) is 0 Å². The molecule has 1 fully saturated rings. The van der Waals surface area contributed by atoms with Crippen LogP contribution in [0.15, 0.2) is 24.3 Å². The fourth-order valence-corrected chi connectivity index (χ4v) is 2.94. The van der Waals surface area contributed by atoms with E-state index < -0.39 is 0 Å². The van der Waals surface area contributed by atoms with Crippen LogP contribution in [-0.4, -0.2) is 48.4 Å². The monoisotopic (exact) mass is 275 g/mol. The molecule has 0 aromatic heterocycles. The molecule has 4 heteroatoms. The summed E-state index contributed by atoms with van der Waals surface area (Å²) in [5.74, 6) is 0.216. The van der Waals surface area contributed by atoms with Crippen molar-refractivity contribution in [2.24, 2.45) is 5.73 Å². The molecule has 1 unspecified atom stereocenters. The highest BCUT2D eigenvalue weighted by Gasteiger charge is 2.24. The Balaban J connectivity index is 2.07. The molecule has 1 aliphatic heterocycles. The lowest BCUT2D eigenvalue weighted by Gasteiger charge is -2.28. The highest BCUT2D eigenvalue weighted by atomic mass is 16.2. The normalized spacial score (nSPS) is 20.8. The summed E-state index contributed by atoms with van der Waals surface area (Å²) in [6.07, 6.45) is 1.51. The molecule has 4 nitrogen and oxygen atoms in total. The Morgan fingerprint density at radius 1 is 1.30 bits per heavy atom. The van der Waals surface area contributed by atoms with Crippen molar-refractivity contribution in [2.45, 2.75) is 32.4 Å². The summed E-state index contributed by atoms with van der Waals surface area (Å²) in [6.45, 7) is 5.49. The fourth-order valence-electron chi connectivity index (χ4n) is 2.94. The lowest BCUT2D eigenvalue weighted by molar-refractivity contribution is -0.132. The number of amides is 1. The standard InChI is InChI=1S/C16H25N3O/c1-13-12-18(2)8-5-9-19(13)16(20)10-14-6-3-4-7-15(14)11-17/h3-4,6-7,13H,5,8-12,17H2,1-2H3. The highest BCUT2D eigenvalue weighted by molar-refractivity contribution is 5.79. The van der Waals surface area contributed by atoms with Gasteiger partial charge < -0.3 is 15.5 Å². The maximum Gasteiger partial charge on any atom is 0.227 e. The van der Waals surface area contributed by atoms with Crippen molar-refractivity contribution in [2.75, 3.05) is 26.7 Å². The molecule has 0 aliphatic carbocycles. The predicted molar refractivity (Wildman–Crippen MR) is 81.3 cm³/mol. The Kier molecular flexibility index (Phi) is 5.15. The zero-order chi connectivity index (χ0) is 14.5. The van der Waals surface area contributed by atoms with E-state index >= 15 is 0 Å². The first kappa shape index (κ1) is 15.0. The molecule has 0 saturated carbocycles. The number of nitrogens with two attached hydrogens (primary N) is 1. The van der Waals surface area contributed by atoms with Crippen LogP contribution in [0.25, 0.3) is 0 Å². The second-order valence-corrected chi connectivity index (χ2v) is 5.70. The van der Waals surface area contributed by atoms with Crippen LogP contribution in [0.2, 0.25) is 0 Å². The van der Waals surface area contributed by atoms with Crippen LogP contribution < -0.4 is 5.73 Å². The van der Waals surface area contributed by atoms with E-state index in [0.717, 1.165) is 37.2 Å². The lowest BCUT2D eigenvalue weighted by Crippen LogP contribution is -2.42. The molecule has 1 aromatic carbocycles. The molecule has 1 saturated heterocycles. The largest absolute Gasteiger partial charge is 0.338 e. The van der Waals surface area contributed by atoms with Crippen molar-refractivity contribution >= 4 is 5.91 Å². The molecule has 0 radical (unpaired) electrons. The van der Waals surface area contributed by atoms with Crippen molar-refractivity contribution < 1.29 is 4.79 Å². The van der Waals surface area contributed by atoms with E-state index in [4.69, 9.17) is 5.73 Å². The minimum atomic E-state index is 0.216. The molecule has 0 spiro atoms. The molecular formula is C16H25N3O. The highest BCUT2D eigenvalue weighted by Crippen LogP contribution is 2.14. The van der Waals surface area contributed by atoms with Gasteiger partial charge in [0.05, 0.1) is 6.42 Å². The molecule has 110 valence electrons. The minimum Gasteiger partial charge on any atom is -0.338 e. The topological polar surface area (TPSA) is 49.6 Å². The average Bonchev–Trinajstić information content (AvgIpc) is 2.60. The summed E-state index contributed by atoms with van der Waals surface area (Å²) in [4.78, 5) is 16.9. The first-order valence-electron chi connectivity index (χ1n) is 7.36. The smallest absolute Gasteiger partial charge is 0.227 e. The molecule has 1 aromatic rings. The van der Waals surface area contributed by atoms with Crippen LogP contribution in [0.1, 0.15) is 24.5 Å². The van der Waals surface area contributed by atoms with Gasteiger partial charge in [-0.05, 0) is 38.1 Å².